The van der Waals surface area contributed by atoms with E-state index in [1.165, 1.54) is 0 Å². The second-order valence-electron chi connectivity index (χ2n) is 5.59. The van der Waals surface area contributed by atoms with Gasteiger partial charge in [-0.2, -0.15) is 0 Å². The van der Waals surface area contributed by atoms with E-state index in [2.05, 4.69) is 0 Å². The Labute approximate surface area is 138 Å². The molecule has 0 saturated heterocycles. The van der Waals surface area contributed by atoms with Crippen molar-refractivity contribution in [2.75, 3.05) is 11.4 Å². The minimum Gasteiger partial charge on any atom is -0.330 e. The molecule has 1 atom stereocenters. The first-order valence-electron chi connectivity index (χ1n) is 8.13. The van der Waals surface area contributed by atoms with E-state index in [1.807, 2.05) is 60.7 Å². The van der Waals surface area contributed by atoms with Crippen molar-refractivity contribution in [3.8, 4) is 0 Å². The summed E-state index contributed by atoms with van der Waals surface area (Å²) in [6.45, 7) is 0.684. The first-order chi connectivity index (χ1) is 11.2. The van der Waals surface area contributed by atoms with Gasteiger partial charge in [-0.1, -0.05) is 49.2 Å². The maximum Gasteiger partial charge on any atom is 0.248 e. The van der Waals surface area contributed by atoms with E-state index in [4.69, 9.17) is 11.5 Å². The fourth-order valence-electron chi connectivity index (χ4n) is 2.53. The van der Waals surface area contributed by atoms with Crippen LogP contribution in [0.1, 0.15) is 25.7 Å². The van der Waals surface area contributed by atoms with E-state index in [0.29, 0.717) is 13.0 Å². The van der Waals surface area contributed by atoms with Crippen molar-refractivity contribution in [2.24, 2.45) is 11.5 Å². The number of hydrogen-bond acceptors (Lipinski definition) is 3. The molecule has 122 valence electrons. The number of para-hydroxylation sites is 2. The number of hydrogen-bond donors (Lipinski definition) is 2. The molecule has 0 aliphatic carbocycles. The van der Waals surface area contributed by atoms with Gasteiger partial charge in [0.2, 0.25) is 5.91 Å². The molecular weight excluding hydrogens is 286 g/mol. The first kappa shape index (κ1) is 17.2. The Balaban J connectivity index is 2.16. The third-order valence-electron chi connectivity index (χ3n) is 3.79. The van der Waals surface area contributed by atoms with Crippen molar-refractivity contribution >= 4 is 17.3 Å². The van der Waals surface area contributed by atoms with Crippen LogP contribution in [0.2, 0.25) is 0 Å². The van der Waals surface area contributed by atoms with E-state index < -0.39 is 6.04 Å². The van der Waals surface area contributed by atoms with Gasteiger partial charge >= 0.3 is 0 Å². The summed E-state index contributed by atoms with van der Waals surface area (Å²) >= 11 is 0. The minimum absolute atomic E-state index is 0.0739. The van der Waals surface area contributed by atoms with Crippen LogP contribution in [0.25, 0.3) is 0 Å². The fourth-order valence-corrected chi connectivity index (χ4v) is 2.53. The monoisotopic (exact) mass is 311 g/mol. The summed E-state index contributed by atoms with van der Waals surface area (Å²) in [5.41, 5.74) is 13.3. The van der Waals surface area contributed by atoms with Gasteiger partial charge in [0.25, 0.3) is 0 Å². The molecule has 0 aliphatic rings. The van der Waals surface area contributed by atoms with Crippen LogP contribution in [0.3, 0.4) is 0 Å². The van der Waals surface area contributed by atoms with E-state index in [9.17, 15) is 4.79 Å². The Bertz CT molecular complexity index is 547. The smallest absolute Gasteiger partial charge is 0.248 e. The lowest BCUT2D eigenvalue weighted by molar-refractivity contribution is -0.119. The maximum atomic E-state index is 12.9. The predicted molar refractivity (Wildman–Crippen MR) is 95.5 cm³/mol. The van der Waals surface area contributed by atoms with Crippen LogP contribution in [0.15, 0.2) is 60.7 Å². The molecule has 0 aromatic heterocycles. The van der Waals surface area contributed by atoms with Crippen molar-refractivity contribution in [1.29, 1.82) is 0 Å². The molecule has 0 heterocycles. The van der Waals surface area contributed by atoms with Crippen molar-refractivity contribution < 1.29 is 4.79 Å². The van der Waals surface area contributed by atoms with Crippen LogP contribution in [-0.2, 0) is 4.79 Å². The normalized spacial score (nSPS) is 11.9. The number of benzene rings is 2. The van der Waals surface area contributed by atoms with E-state index in [-0.39, 0.29) is 5.91 Å². The zero-order valence-electron chi connectivity index (χ0n) is 13.4. The minimum atomic E-state index is -0.506. The number of rotatable bonds is 8. The quantitative estimate of drug-likeness (QED) is 0.735. The number of nitrogens with zero attached hydrogens (tertiary/aromatic N) is 1. The number of anilines is 2. The van der Waals surface area contributed by atoms with Crippen LogP contribution < -0.4 is 16.4 Å². The summed E-state index contributed by atoms with van der Waals surface area (Å²) in [5.74, 6) is -0.0739. The molecule has 2 rings (SSSR count). The second-order valence-corrected chi connectivity index (χ2v) is 5.59. The summed E-state index contributed by atoms with van der Waals surface area (Å²) in [6, 6.07) is 18.7. The molecule has 1 unspecified atom stereocenters. The van der Waals surface area contributed by atoms with Gasteiger partial charge in [0.15, 0.2) is 0 Å². The summed E-state index contributed by atoms with van der Waals surface area (Å²) in [6.07, 6.45) is 3.58. The van der Waals surface area contributed by atoms with Crippen LogP contribution in [0.4, 0.5) is 11.4 Å². The van der Waals surface area contributed by atoms with E-state index in [1.54, 1.807) is 4.90 Å². The molecule has 0 radical (unpaired) electrons. The zero-order chi connectivity index (χ0) is 16.5. The highest BCUT2D eigenvalue weighted by molar-refractivity contribution is 6.03. The van der Waals surface area contributed by atoms with Crippen LogP contribution in [0, 0.1) is 0 Å². The molecule has 4 N–H and O–H groups in total. The highest BCUT2D eigenvalue weighted by atomic mass is 16.2. The van der Waals surface area contributed by atoms with Crippen molar-refractivity contribution in [3.05, 3.63) is 60.7 Å². The molecule has 4 heteroatoms. The summed E-state index contributed by atoms with van der Waals surface area (Å²) in [4.78, 5) is 14.6. The van der Waals surface area contributed by atoms with E-state index >= 15 is 0 Å². The van der Waals surface area contributed by atoms with Crippen LogP contribution in [0.5, 0.6) is 0 Å². The predicted octanol–water partition coefficient (Wildman–Crippen LogP) is 3.20. The number of carbonyl (C=O) groups is 1. The van der Waals surface area contributed by atoms with Crippen molar-refractivity contribution in [1.82, 2.24) is 0 Å². The molecule has 23 heavy (non-hydrogen) atoms. The topological polar surface area (TPSA) is 72.3 Å². The van der Waals surface area contributed by atoms with Gasteiger partial charge in [-0.05, 0) is 43.7 Å². The van der Waals surface area contributed by atoms with Gasteiger partial charge in [0.05, 0.1) is 6.04 Å². The van der Waals surface area contributed by atoms with Gasteiger partial charge < -0.3 is 11.5 Å². The maximum absolute atomic E-state index is 12.9. The third-order valence-corrected chi connectivity index (χ3v) is 3.79. The summed E-state index contributed by atoms with van der Waals surface area (Å²) < 4.78 is 0. The Kier molecular flexibility index (Phi) is 6.78. The second kappa shape index (κ2) is 9.08. The van der Waals surface area contributed by atoms with E-state index in [0.717, 1.165) is 30.6 Å². The number of amides is 1. The molecular formula is C19H25N3O. The van der Waals surface area contributed by atoms with Gasteiger partial charge in [-0.25, -0.2) is 0 Å². The number of unbranched alkanes of at least 4 members (excludes halogenated alkanes) is 2. The van der Waals surface area contributed by atoms with Gasteiger partial charge in [-0.15, -0.1) is 0 Å². The summed E-state index contributed by atoms with van der Waals surface area (Å²) in [7, 11) is 0. The van der Waals surface area contributed by atoms with Crippen molar-refractivity contribution in [2.45, 2.75) is 31.7 Å². The Morgan fingerprint density at radius 3 is 1.87 bits per heavy atom. The lowest BCUT2D eigenvalue weighted by Crippen LogP contribution is -2.41. The average molecular weight is 311 g/mol. The first-order valence-corrected chi connectivity index (χ1v) is 8.13. The standard InChI is InChI=1S/C19H25N3O/c20-15-9-3-8-14-18(21)19(23)22(16-10-4-1-5-11-16)17-12-6-2-7-13-17/h1-2,4-7,10-13,18H,3,8-9,14-15,20-21H2. The Morgan fingerprint density at radius 2 is 1.39 bits per heavy atom. The zero-order valence-corrected chi connectivity index (χ0v) is 13.4. The van der Waals surface area contributed by atoms with Gasteiger partial charge in [-0.3, -0.25) is 9.69 Å². The molecule has 0 spiro atoms. The summed E-state index contributed by atoms with van der Waals surface area (Å²) in [5, 5.41) is 0. The molecule has 2 aromatic carbocycles. The highest BCUT2D eigenvalue weighted by Gasteiger charge is 2.23. The average Bonchev–Trinajstić information content (AvgIpc) is 2.60. The van der Waals surface area contributed by atoms with Gasteiger partial charge in [0.1, 0.15) is 0 Å². The highest BCUT2D eigenvalue weighted by Crippen LogP contribution is 2.26. The molecule has 0 saturated carbocycles. The molecule has 4 nitrogen and oxygen atoms in total. The van der Waals surface area contributed by atoms with Crippen LogP contribution >= 0.6 is 0 Å². The third kappa shape index (κ3) is 4.91. The van der Waals surface area contributed by atoms with Crippen LogP contribution in [-0.4, -0.2) is 18.5 Å². The largest absolute Gasteiger partial charge is 0.330 e. The lowest BCUT2D eigenvalue weighted by atomic mass is 10.1. The number of nitrogens with two attached hydrogens (primary N) is 2. The Morgan fingerprint density at radius 1 is 0.870 bits per heavy atom. The lowest BCUT2D eigenvalue weighted by Gasteiger charge is -2.26. The van der Waals surface area contributed by atoms with Crippen molar-refractivity contribution in [3.63, 3.8) is 0 Å². The molecule has 2 aromatic rings. The molecule has 1 amide bonds. The molecule has 0 bridgehead atoms. The molecule has 0 aliphatic heterocycles. The fraction of sp³-hybridized carbons (Fsp3) is 0.316. The SMILES string of the molecule is NCCCCCC(N)C(=O)N(c1ccccc1)c1ccccc1. The van der Waals surface area contributed by atoms with Gasteiger partial charge in [0, 0.05) is 11.4 Å². The molecule has 0 fully saturated rings. The Hall–Kier alpha value is -2.17. The number of carbonyl (C=O) groups excluding carboxylic acids is 1.